The quantitative estimate of drug-likeness (QED) is 0.491. The van der Waals surface area contributed by atoms with Crippen LogP contribution < -0.4 is 0 Å². The number of nitrogens with one attached hydrogen (secondary N) is 1. The minimum Gasteiger partial charge on any atom is -0.465 e. The molecule has 0 aliphatic carbocycles. The van der Waals surface area contributed by atoms with Crippen molar-refractivity contribution >= 4 is 35.1 Å². The molecule has 2 rings (SSSR count). The molecule has 1 heterocycles. The highest BCUT2D eigenvalue weighted by Crippen LogP contribution is 2.28. The second-order valence-corrected chi connectivity index (χ2v) is 7.05. The molecule has 1 aromatic carbocycles. The first-order valence-electron chi connectivity index (χ1n) is 7.09. The fourth-order valence-corrected chi connectivity index (χ4v) is 3.43. The van der Waals surface area contributed by atoms with Gasteiger partial charge < -0.3 is 9.72 Å². The molecule has 122 valence electrons. The lowest BCUT2D eigenvalue weighted by Gasteiger charge is -2.10. The number of methoxy groups -OCH3 is 1. The number of hydrogen-bond acceptors (Lipinski definition) is 4. The molecule has 0 aliphatic rings. The summed E-state index contributed by atoms with van der Waals surface area (Å²) in [5.41, 5.74) is 2.15. The van der Waals surface area contributed by atoms with Gasteiger partial charge in [0.1, 0.15) is 0 Å². The molecule has 0 radical (unpaired) electrons. The van der Waals surface area contributed by atoms with E-state index >= 15 is 0 Å². The third-order valence-electron chi connectivity index (χ3n) is 3.57. The number of aromatic amines is 1. The lowest BCUT2D eigenvalue weighted by atomic mass is 10.1. The molecule has 6 heteroatoms. The van der Waals surface area contributed by atoms with Gasteiger partial charge in [-0.1, -0.05) is 11.6 Å². The van der Waals surface area contributed by atoms with E-state index in [9.17, 15) is 9.59 Å². The van der Waals surface area contributed by atoms with Gasteiger partial charge in [-0.3, -0.25) is 4.79 Å². The second-order valence-electron chi connectivity index (χ2n) is 5.19. The molecule has 0 bridgehead atoms. The van der Waals surface area contributed by atoms with E-state index < -0.39 is 5.97 Å². The molecular formula is C17H18ClNO3S. The summed E-state index contributed by atoms with van der Waals surface area (Å²) in [5, 5.41) is 0.366. The maximum Gasteiger partial charge on any atom is 0.339 e. The number of esters is 1. The lowest BCUT2D eigenvalue weighted by molar-refractivity contribution is 0.0599. The summed E-state index contributed by atoms with van der Waals surface area (Å²) in [6.07, 6.45) is 0. The van der Waals surface area contributed by atoms with Crippen LogP contribution in [-0.4, -0.2) is 29.1 Å². The Labute approximate surface area is 144 Å². The van der Waals surface area contributed by atoms with Gasteiger partial charge in [0.15, 0.2) is 5.78 Å². The average molecular weight is 352 g/mol. The molecule has 4 nitrogen and oxygen atoms in total. The van der Waals surface area contributed by atoms with E-state index in [0.29, 0.717) is 27.5 Å². The van der Waals surface area contributed by atoms with Crippen molar-refractivity contribution in [2.24, 2.45) is 0 Å². The molecule has 0 fully saturated rings. The molecule has 1 aromatic heterocycles. The normalized spacial score (nSPS) is 12.0. The Balaban J connectivity index is 2.23. The average Bonchev–Trinajstić information content (AvgIpc) is 2.82. The third kappa shape index (κ3) is 3.79. The van der Waals surface area contributed by atoms with Crippen molar-refractivity contribution in [3.63, 3.8) is 0 Å². The molecule has 2 aromatic rings. The highest BCUT2D eigenvalue weighted by Gasteiger charge is 2.25. The van der Waals surface area contributed by atoms with Gasteiger partial charge in [-0.15, -0.1) is 11.8 Å². The topological polar surface area (TPSA) is 59.2 Å². The fourth-order valence-electron chi connectivity index (χ4n) is 2.38. The summed E-state index contributed by atoms with van der Waals surface area (Å²) in [6.45, 7) is 5.35. The number of benzene rings is 1. The Morgan fingerprint density at radius 3 is 2.39 bits per heavy atom. The van der Waals surface area contributed by atoms with Gasteiger partial charge in [0.2, 0.25) is 0 Å². The van der Waals surface area contributed by atoms with Crippen LogP contribution in [0.3, 0.4) is 0 Å². The van der Waals surface area contributed by atoms with Crippen molar-refractivity contribution < 1.29 is 14.3 Å². The minimum absolute atomic E-state index is 0.0549. The number of ketones is 1. The zero-order valence-electron chi connectivity index (χ0n) is 13.4. The number of hydrogen-bond donors (Lipinski definition) is 1. The Bertz CT molecular complexity index is 737. The zero-order chi connectivity index (χ0) is 17.1. The smallest absolute Gasteiger partial charge is 0.339 e. The Morgan fingerprint density at radius 1 is 1.22 bits per heavy atom. The van der Waals surface area contributed by atoms with Crippen LogP contribution in [0.2, 0.25) is 5.02 Å². The summed E-state index contributed by atoms with van der Waals surface area (Å²) < 4.78 is 4.77. The molecule has 1 atom stereocenters. The number of aryl methyl sites for hydroxylation is 1. The molecule has 23 heavy (non-hydrogen) atoms. The highest BCUT2D eigenvalue weighted by molar-refractivity contribution is 8.00. The molecule has 0 saturated carbocycles. The van der Waals surface area contributed by atoms with Crippen LogP contribution in [0.4, 0.5) is 0 Å². The Morgan fingerprint density at radius 2 is 1.83 bits per heavy atom. The third-order valence-corrected chi connectivity index (χ3v) is 4.93. The number of carbonyl (C=O) groups is 2. The van der Waals surface area contributed by atoms with Crippen LogP contribution in [0, 0.1) is 13.8 Å². The maximum atomic E-state index is 12.7. The fraction of sp³-hybridized carbons (Fsp3) is 0.294. The van der Waals surface area contributed by atoms with Crippen LogP contribution >= 0.6 is 23.4 Å². The molecule has 0 amide bonds. The molecule has 0 spiro atoms. The first-order chi connectivity index (χ1) is 10.8. The van der Waals surface area contributed by atoms with Crippen molar-refractivity contribution in [2.45, 2.75) is 30.9 Å². The van der Waals surface area contributed by atoms with Crippen molar-refractivity contribution in [3.8, 4) is 0 Å². The Hall–Kier alpha value is -1.72. The monoisotopic (exact) mass is 351 g/mol. The molecular weight excluding hydrogens is 334 g/mol. The predicted octanol–water partition coefficient (Wildman–Crippen LogP) is 4.44. The molecule has 0 aliphatic heterocycles. The van der Waals surface area contributed by atoms with E-state index in [4.69, 9.17) is 16.3 Å². The minimum atomic E-state index is -0.437. The van der Waals surface area contributed by atoms with Gasteiger partial charge in [0, 0.05) is 15.6 Å². The number of rotatable bonds is 5. The van der Waals surface area contributed by atoms with Gasteiger partial charge in [-0.25, -0.2) is 4.79 Å². The highest BCUT2D eigenvalue weighted by atomic mass is 35.5. The number of ether oxygens (including phenoxy) is 1. The van der Waals surface area contributed by atoms with E-state index in [-0.39, 0.29) is 11.0 Å². The summed E-state index contributed by atoms with van der Waals surface area (Å²) in [6, 6.07) is 7.34. The summed E-state index contributed by atoms with van der Waals surface area (Å²) >= 11 is 7.31. The molecule has 1 N–H and O–H groups in total. The first-order valence-corrected chi connectivity index (χ1v) is 8.34. The van der Waals surface area contributed by atoms with Crippen LogP contribution in [0.5, 0.6) is 0 Å². The summed E-state index contributed by atoms with van der Waals surface area (Å²) in [4.78, 5) is 28.5. The predicted molar refractivity (Wildman–Crippen MR) is 92.7 cm³/mol. The van der Waals surface area contributed by atoms with E-state index in [2.05, 4.69) is 4.98 Å². The number of thioether (sulfide) groups is 1. The van der Waals surface area contributed by atoms with Crippen molar-refractivity contribution in [3.05, 3.63) is 51.8 Å². The number of H-pyrrole nitrogens is 1. The van der Waals surface area contributed by atoms with Crippen LogP contribution in [0.15, 0.2) is 29.2 Å². The number of Topliss-reactive ketones (excluding diaryl/α,β-unsaturated/α-hetero) is 1. The zero-order valence-corrected chi connectivity index (χ0v) is 15.0. The van der Waals surface area contributed by atoms with E-state index in [1.165, 1.54) is 18.9 Å². The van der Waals surface area contributed by atoms with E-state index in [1.54, 1.807) is 26.0 Å². The second kappa shape index (κ2) is 7.23. The van der Waals surface area contributed by atoms with Gasteiger partial charge in [0.25, 0.3) is 0 Å². The summed E-state index contributed by atoms with van der Waals surface area (Å²) in [5.74, 6) is -0.492. The molecule has 0 unspecified atom stereocenters. The molecule has 0 saturated heterocycles. The van der Waals surface area contributed by atoms with Crippen LogP contribution in [-0.2, 0) is 4.74 Å². The summed E-state index contributed by atoms with van der Waals surface area (Å²) in [7, 11) is 1.33. The van der Waals surface area contributed by atoms with Gasteiger partial charge >= 0.3 is 5.97 Å². The number of carbonyl (C=O) groups excluding carboxylic acids is 2. The van der Waals surface area contributed by atoms with Crippen LogP contribution in [0.25, 0.3) is 0 Å². The van der Waals surface area contributed by atoms with Gasteiger partial charge in [0.05, 0.1) is 23.6 Å². The number of aromatic nitrogens is 1. The van der Waals surface area contributed by atoms with Crippen molar-refractivity contribution in [1.82, 2.24) is 4.98 Å². The van der Waals surface area contributed by atoms with Gasteiger partial charge in [-0.05, 0) is 50.6 Å². The Kier molecular flexibility index (Phi) is 5.55. The standard InChI is InChI=1S/C17H18ClNO3S/c1-9-14(17(21)22-4)10(2)19-15(9)16(20)11(3)23-13-7-5-12(18)6-8-13/h5-8,11,19H,1-4H3/t11-/m0/s1. The SMILES string of the molecule is COC(=O)c1c(C)[nH]c(C(=O)[C@H](C)Sc2ccc(Cl)cc2)c1C. The van der Waals surface area contributed by atoms with E-state index in [0.717, 1.165) is 4.90 Å². The lowest BCUT2D eigenvalue weighted by Crippen LogP contribution is -2.15. The van der Waals surface area contributed by atoms with Crippen LogP contribution in [0.1, 0.15) is 39.0 Å². The van der Waals surface area contributed by atoms with Crippen molar-refractivity contribution in [2.75, 3.05) is 7.11 Å². The van der Waals surface area contributed by atoms with E-state index in [1.807, 2.05) is 19.1 Å². The van der Waals surface area contributed by atoms with Crippen molar-refractivity contribution in [1.29, 1.82) is 0 Å². The largest absolute Gasteiger partial charge is 0.465 e. The maximum absolute atomic E-state index is 12.7. The number of halogens is 1. The van der Waals surface area contributed by atoms with Gasteiger partial charge in [-0.2, -0.15) is 0 Å². The first kappa shape index (κ1) is 17.6.